The minimum atomic E-state index is 0.0215. The van der Waals surface area contributed by atoms with Gasteiger partial charge in [0.05, 0.1) is 11.8 Å². The van der Waals surface area contributed by atoms with Gasteiger partial charge in [-0.2, -0.15) is 5.10 Å². The smallest absolute Gasteiger partial charge is 0.267 e. The summed E-state index contributed by atoms with van der Waals surface area (Å²) < 4.78 is 0. The van der Waals surface area contributed by atoms with Gasteiger partial charge in [-0.3, -0.25) is 4.79 Å². The molecule has 20 heavy (non-hydrogen) atoms. The molecule has 1 atom stereocenters. The molecule has 3 heteroatoms. The Bertz CT molecular complexity index is 748. The Morgan fingerprint density at radius 1 is 1.15 bits per heavy atom. The molecular weight excluding hydrogens is 248 g/mol. The van der Waals surface area contributed by atoms with Crippen molar-refractivity contribution in [3.63, 3.8) is 0 Å². The van der Waals surface area contributed by atoms with Gasteiger partial charge in [0.25, 0.3) is 5.91 Å². The molecule has 1 unspecified atom stereocenters. The zero-order chi connectivity index (χ0) is 13.7. The van der Waals surface area contributed by atoms with Gasteiger partial charge in [0, 0.05) is 12.0 Å². The average Bonchev–Trinajstić information content (AvgIpc) is 3.00. The first-order valence-electron chi connectivity index (χ1n) is 6.81. The lowest BCUT2D eigenvalue weighted by Gasteiger charge is -2.10. The fourth-order valence-electron chi connectivity index (χ4n) is 3.04. The summed E-state index contributed by atoms with van der Waals surface area (Å²) in [4.78, 5) is 12.3. The van der Waals surface area contributed by atoms with Crippen molar-refractivity contribution < 1.29 is 4.79 Å². The van der Waals surface area contributed by atoms with Gasteiger partial charge < -0.3 is 0 Å². The molecule has 0 saturated heterocycles. The number of benzene rings is 2. The van der Waals surface area contributed by atoms with Crippen LogP contribution in [0.4, 0.5) is 0 Å². The number of aryl methyl sites for hydroxylation is 1. The van der Waals surface area contributed by atoms with Crippen LogP contribution in [-0.4, -0.2) is 16.6 Å². The van der Waals surface area contributed by atoms with Gasteiger partial charge in [0.1, 0.15) is 0 Å². The molecule has 2 aromatic rings. The fraction of sp³-hybridized carbons (Fsp3) is 0.176. The molecular formula is C17H14N2O. The molecule has 2 heterocycles. The predicted molar refractivity (Wildman–Crippen MR) is 77.7 cm³/mol. The number of carbonyl (C=O) groups is 1. The third kappa shape index (κ3) is 1.53. The largest absolute Gasteiger partial charge is 0.274 e. The van der Waals surface area contributed by atoms with Crippen molar-refractivity contribution >= 4 is 11.6 Å². The molecule has 0 fully saturated rings. The van der Waals surface area contributed by atoms with Crippen LogP contribution in [0, 0.1) is 6.92 Å². The quantitative estimate of drug-likeness (QED) is 0.776. The number of rotatable bonds is 1. The lowest BCUT2D eigenvalue weighted by atomic mass is 9.97. The molecule has 0 aromatic heterocycles. The predicted octanol–water partition coefficient (Wildman–Crippen LogP) is 3.30. The summed E-state index contributed by atoms with van der Waals surface area (Å²) in [5.74, 6) is 0.0215. The standard InChI is InChI=1S/C17H14N2O/c1-11-5-4-6-12(9-11)15-10-16-13-7-2-3-8-14(13)17(20)19(16)18-15/h2-9,16H,10H2,1H3. The van der Waals surface area contributed by atoms with Gasteiger partial charge in [-0.05, 0) is 24.1 Å². The maximum absolute atomic E-state index is 12.3. The Hall–Kier alpha value is -2.42. The number of fused-ring (bicyclic) bond motifs is 3. The Kier molecular flexibility index (Phi) is 2.30. The van der Waals surface area contributed by atoms with Gasteiger partial charge in [-0.15, -0.1) is 0 Å². The molecule has 0 aliphatic carbocycles. The average molecular weight is 262 g/mol. The second kappa shape index (κ2) is 4.04. The second-order valence-corrected chi connectivity index (χ2v) is 5.37. The van der Waals surface area contributed by atoms with Crippen LogP contribution in [0.15, 0.2) is 53.6 Å². The molecule has 0 saturated carbocycles. The Morgan fingerprint density at radius 3 is 2.85 bits per heavy atom. The molecule has 2 aliphatic heterocycles. The summed E-state index contributed by atoms with van der Waals surface area (Å²) in [6, 6.07) is 16.2. The Morgan fingerprint density at radius 2 is 2.00 bits per heavy atom. The van der Waals surface area contributed by atoms with Gasteiger partial charge in [-0.1, -0.05) is 48.0 Å². The van der Waals surface area contributed by atoms with Crippen LogP contribution >= 0.6 is 0 Å². The van der Waals surface area contributed by atoms with Crippen molar-refractivity contribution in [1.82, 2.24) is 5.01 Å². The molecule has 4 rings (SSSR count). The van der Waals surface area contributed by atoms with Crippen LogP contribution in [0.2, 0.25) is 0 Å². The number of hydrogen-bond donors (Lipinski definition) is 0. The molecule has 0 N–H and O–H groups in total. The van der Waals surface area contributed by atoms with Crippen LogP contribution in [0.1, 0.15) is 39.5 Å². The van der Waals surface area contributed by atoms with Crippen molar-refractivity contribution in [1.29, 1.82) is 0 Å². The minimum Gasteiger partial charge on any atom is -0.267 e. The first-order chi connectivity index (χ1) is 9.74. The van der Waals surface area contributed by atoms with Crippen molar-refractivity contribution in [2.75, 3.05) is 0 Å². The van der Waals surface area contributed by atoms with E-state index in [4.69, 9.17) is 0 Å². The maximum atomic E-state index is 12.3. The number of amides is 1. The van der Waals surface area contributed by atoms with Crippen molar-refractivity contribution in [2.24, 2.45) is 5.10 Å². The van der Waals surface area contributed by atoms with E-state index in [9.17, 15) is 4.79 Å². The highest BCUT2D eigenvalue weighted by Crippen LogP contribution is 2.40. The van der Waals surface area contributed by atoms with E-state index in [0.717, 1.165) is 28.8 Å². The monoisotopic (exact) mass is 262 g/mol. The summed E-state index contributed by atoms with van der Waals surface area (Å²) in [7, 11) is 0. The van der Waals surface area contributed by atoms with E-state index in [1.165, 1.54) is 5.56 Å². The van der Waals surface area contributed by atoms with Gasteiger partial charge in [0.2, 0.25) is 0 Å². The Balaban J connectivity index is 1.74. The Labute approximate surface area is 117 Å². The van der Waals surface area contributed by atoms with E-state index < -0.39 is 0 Å². The zero-order valence-electron chi connectivity index (χ0n) is 11.2. The van der Waals surface area contributed by atoms with E-state index in [2.05, 4.69) is 30.2 Å². The molecule has 2 aliphatic rings. The highest BCUT2D eigenvalue weighted by molar-refractivity contribution is 6.07. The van der Waals surface area contributed by atoms with Crippen LogP contribution < -0.4 is 0 Å². The third-order valence-corrected chi connectivity index (χ3v) is 4.02. The van der Waals surface area contributed by atoms with Crippen LogP contribution in [-0.2, 0) is 0 Å². The minimum absolute atomic E-state index is 0.0215. The summed E-state index contributed by atoms with van der Waals surface area (Å²) in [6.07, 6.45) is 0.798. The molecule has 2 aromatic carbocycles. The molecule has 0 radical (unpaired) electrons. The van der Waals surface area contributed by atoms with E-state index >= 15 is 0 Å². The van der Waals surface area contributed by atoms with E-state index in [0.29, 0.717) is 0 Å². The third-order valence-electron chi connectivity index (χ3n) is 4.02. The van der Waals surface area contributed by atoms with Gasteiger partial charge >= 0.3 is 0 Å². The lowest BCUT2D eigenvalue weighted by molar-refractivity contribution is 0.0756. The first-order valence-corrected chi connectivity index (χ1v) is 6.81. The summed E-state index contributed by atoms with van der Waals surface area (Å²) >= 11 is 0. The van der Waals surface area contributed by atoms with Crippen LogP contribution in [0.25, 0.3) is 0 Å². The number of carbonyl (C=O) groups excluding carboxylic acids is 1. The van der Waals surface area contributed by atoms with Crippen LogP contribution in [0.3, 0.4) is 0 Å². The highest BCUT2D eigenvalue weighted by atomic mass is 16.2. The van der Waals surface area contributed by atoms with Crippen LogP contribution in [0.5, 0.6) is 0 Å². The van der Waals surface area contributed by atoms with Gasteiger partial charge in [-0.25, -0.2) is 5.01 Å². The summed E-state index contributed by atoms with van der Waals surface area (Å²) in [5.41, 5.74) is 5.23. The van der Waals surface area contributed by atoms with E-state index in [1.807, 2.05) is 30.3 Å². The summed E-state index contributed by atoms with van der Waals surface area (Å²) in [6.45, 7) is 2.07. The number of hydrogen-bond acceptors (Lipinski definition) is 2. The molecule has 0 spiro atoms. The first kappa shape index (κ1) is 11.4. The lowest BCUT2D eigenvalue weighted by Crippen LogP contribution is -2.17. The van der Waals surface area contributed by atoms with Gasteiger partial charge in [0.15, 0.2) is 0 Å². The molecule has 3 nitrogen and oxygen atoms in total. The molecule has 98 valence electrons. The number of nitrogens with zero attached hydrogens (tertiary/aromatic N) is 2. The molecule has 1 amide bonds. The topological polar surface area (TPSA) is 32.7 Å². The second-order valence-electron chi connectivity index (χ2n) is 5.37. The van der Waals surface area contributed by atoms with E-state index in [1.54, 1.807) is 5.01 Å². The molecule has 0 bridgehead atoms. The summed E-state index contributed by atoms with van der Waals surface area (Å²) in [5, 5.41) is 6.20. The maximum Gasteiger partial charge on any atom is 0.274 e. The van der Waals surface area contributed by atoms with Crippen molar-refractivity contribution in [2.45, 2.75) is 19.4 Å². The zero-order valence-corrected chi connectivity index (χ0v) is 11.2. The highest BCUT2D eigenvalue weighted by Gasteiger charge is 2.41. The van der Waals surface area contributed by atoms with Crippen molar-refractivity contribution in [3.8, 4) is 0 Å². The normalized spacial score (nSPS) is 19.9. The SMILES string of the molecule is Cc1cccc(C2=NN3C(=O)c4ccccc4C3C2)c1. The van der Waals surface area contributed by atoms with Crippen molar-refractivity contribution in [3.05, 3.63) is 70.8 Å². The fourth-order valence-corrected chi connectivity index (χ4v) is 3.04. The number of hydrazone groups is 1. The van der Waals surface area contributed by atoms with E-state index in [-0.39, 0.29) is 11.9 Å².